The van der Waals surface area contributed by atoms with Crippen molar-refractivity contribution in [2.75, 3.05) is 0 Å². The van der Waals surface area contributed by atoms with Crippen molar-refractivity contribution >= 4 is 11.6 Å². The molecule has 0 aromatic carbocycles. The molecule has 0 amide bonds. The Labute approximate surface area is 66.0 Å². The molecule has 0 N–H and O–H groups in total. The molecule has 1 radical (unpaired) electrons. The minimum absolute atomic E-state index is 0.446. The monoisotopic (exact) mass is 157 g/mol. The lowest BCUT2D eigenvalue weighted by Crippen LogP contribution is -2.23. The van der Waals surface area contributed by atoms with E-state index >= 15 is 0 Å². The van der Waals surface area contributed by atoms with Gasteiger partial charge in [0.05, 0.1) is 0 Å². The van der Waals surface area contributed by atoms with Gasteiger partial charge < -0.3 is 0 Å². The number of allylic oxidation sites excluding steroid dienone is 2. The lowest BCUT2D eigenvalue weighted by Gasteiger charge is -2.21. The Bertz CT molecular complexity index is 184. The minimum Gasteiger partial charge on any atom is -0.225 e. The lowest BCUT2D eigenvalue weighted by molar-refractivity contribution is 0.0118. The first-order valence-corrected chi connectivity index (χ1v) is 3.78. The molecule has 0 aromatic rings. The van der Waals surface area contributed by atoms with Crippen LogP contribution in [-0.2, 0) is 5.11 Å². The molecule has 0 fully saturated rings. The summed E-state index contributed by atoms with van der Waals surface area (Å²) in [4.78, 5) is 0. The SMILES string of the molecule is CCC1([O])C=CC=C(Cl)C1. The topological polar surface area (TPSA) is 19.9 Å². The van der Waals surface area contributed by atoms with Crippen LogP contribution in [-0.4, -0.2) is 5.60 Å². The Balaban J connectivity index is 2.71. The summed E-state index contributed by atoms with van der Waals surface area (Å²) < 4.78 is 0. The van der Waals surface area contributed by atoms with Gasteiger partial charge in [0.15, 0.2) is 0 Å². The van der Waals surface area contributed by atoms with Gasteiger partial charge in [-0.15, -0.1) is 0 Å². The maximum Gasteiger partial charge on any atom is 0.127 e. The fourth-order valence-electron chi connectivity index (χ4n) is 0.974. The van der Waals surface area contributed by atoms with E-state index in [9.17, 15) is 5.11 Å². The first kappa shape index (κ1) is 7.83. The van der Waals surface area contributed by atoms with Gasteiger partial charge in [0.1, 0.15) is 5.60 Å². The Morgan fingerprint density at radius 1 is 1.80 bits per heavy atom. The van der Waals surface area contributed by atoms with Crippen LogP contribution in [0.5, 0.6) is 0 Å². The molecule has 1 aliphatic carbocycles. The highest BCUT2D eigenvalue weighted by atomic mass is 35.5. The van der Waals surface area contributed by atoms with Crippen molar-refractivity contribution in [3.8, 4) is 0 Å². The molecule has 1 nitrogen and oxygen atoms in total. The van der Waals surface area contributed by atoms with Crippen LogP contribution in [0.3, 0.4) is 0 Å². The van der Waals surface area contributed by atoms with Crippen LogP contribution in [0.25, 0.3) is 0 Å². The van der Waals surface area contributed by atoms with E-state index in [1.165, 1.54) is 0 Å². The molecule has 0 heterocycles. The fraction of sp³-hybridized carbons (Fsp3) is 0.500. The van der Waals surface area contributed by atoms with Crippen LogP contribution in [0.4, 0.5) is 0 Å². The van der Waals surface area contributed by atoms with Crippen LogP contribution in [0.1, 0.15) is 19.8 Å². The van der Waals surface area contributed by atoms with Crippen molar-refractivity contribution in [3.05, 3.63) is 23.3 Å². The second kappa shape index (κ2) is 2.77. The van der Waals surface area contributed by atoms with Crippen molar-refractivity contribution in [3.63, 3.8) is 0 Å². The van der Waals surface area contributed by atoms with Crippen LogP contribution in [0.2, 0.25) is 0 Å². The summed E-state index contributed by atoms with van der Waals surface area (Å²) in [5, 5.41) is 12.2. The van der Waals surface area contributed by atoms with E-state index in [2.05, 4.69) is 0 Å². The van der Waals surface area contributed by atoms with Crippen molar-refractivity contribution < 1.29 is 5.11 Å². The molecule has 55 valence electrons. The third kappa shape index (κ3) is 1.61. The third-order valence-electron chi connectivity index (χ3n) is 1.74. The molecule has 0 aliphatic heterocycles. The molecular weight excluding hydrogens is 148 g/mol. The number of hydrogen-bond donors (Lipinski definition) is 0. The molecule has 0 bridgehead atoms. The molecule has 1 atom stereocenters. The first-order valence-electron chi connectivity index (χ1n) is 3.40. The quantitative estimate of drug-likeness (QED) is 0.558. The Kier molecular flexibility index (Phi) is 2.17. The number of rotatable bonds is 1. The van der Waals surface area contributed by atoms with E-state index < -0.39 is 5.60 Å². The second-order valence-corrected chi connectivity index (χ2v) is 3.05. The average molecular weight is 158 g/mol. The maximum absolute atomic E-state index is 11.5. The third-order valence-corrected chi connectivity index (χ3v) is 2.00. The summed E-state index contributed by atoms with van der Waals surface area (Å²) in [6.07, 6.45) is 6.24. The van der Waals surface area contributed by atoms with Gasteiger partial charge >= 0.3 is 0 Å². The Hall–Kier alpha value is -0.270. The minimum atomic E-state index is -0.939. The van der Waals surface area contributed by atoms with Crippen LogP contribution in [0.15, 0.2) is 23.3 Å². The van der Waals surface area contributed by atoms with Gasteiger partial charge in [-0.2, -0.15) is 0 Å². The molecule has 0 saturated heterocycles. The molecule has 1 rings (SSSR count). The predicted molar refractivity (Wildman–Crippen MR) is 41.4 cm³/mol. The highest BCUT2D eigenvalue weighted by Gasteiger charge is 2.26. The van der Waals surface area contributed by atoms with Crippen molar-refractivity contribution in [2.24, 2.45) is 0 Å². The molecule has 1 aliphatic rings. The van der Waals surface area contributed by atoms with E-state index in [0.717, 1.165) is 0 Å². The van der Waals surface area contributed by atoms with E-state index in [-0.39, 0.29) is 0 Å². The second-order valence-electron chi connectivity index (χ2n) is 2.57. The fourth-order valence-corrected chi connectivity index (χ4v) is 1.27. The van der Waals surface area contributed by atoms with Crippen molar-refractivity contribution in [2.45, 2.75) is 25.4 Å². The van der Waals surface area contributed by atoms with Crippen LogP contribution >= 0.6 is 11.6 Å². The van der Waals surface area contributed by atoms with Crippen LogP contribution in [0, 0.1) is 0 Å². The summed E-state index contributed by atoms with van der Waals surface area (Å²) in [6, 6.07) is 0. The van der Waals surface area contributed by atoms with E-state index in [4.69, 9.17) is 11.6 Å². The molecule has 0 aromatic heterocycles. The van der Waals surface area contributed by atoms with Gasteiger partial charge in [0.2, 0.25) is 0 Å². The van der Waals surface area contributed by atoms with Crippen molar-refractivity contribution in [1.29, 1.82) is 0 Å². The van der Waals surface area contributed by atoms with Gasteiger partial charge in [-0.25, -0.2) is 5.11 Å². The molecule has 0 saturated carbocycles. The van der Waals surface area contributed by atoms with Crippen LogP contribution < -0.4 is 0 Å². The molecule has 2 heteroatoms. The van der Waals surface area contributed by atoms with Gasteiger partial charge in [-0.1, -0.05) is 24.6 Å². The zero-order valence-electron chi connectivity index (χ0n) is 5.93. The molecule has 1 unspecified atom stereocenters. The van der Waals surface area contributed by atoms with E-state index in [1.807, 2.05) is 6.92 Å². The predicted octanol–water partition coefficient (Wildman–Crippen LogP) is 2.65. The van der Waals surface area contributed by atoms with Gasteiger partial charge in [-0.05, 0) is 18.6 Å². The van der Waals surface area contributed by atoms with Crippen molar-refractivity contribution in [1.82, 2.24) is 0 Å². The maximum atomic E-state index is 11.5. The zero-order valence-corrected chi connectivity index (χ0v) is 6.69. The Morgan fingerprint density at radius 3 is 2.90 bits per heavy atom. The highest BCUT2D eigenvalue weighted by molar-refractivity contribution is 6.29. The Morgan fingerprint density at radius 2 is 2.50 bits per heavy atom. The zero-order chi connectivity index (χ0) is 7.61. The summed E-state index contributed by atoms with van der Waals surface area (Å²) in [6.45, 7) is 1.88. The smallest absolute Gasteiger partial charge is 0.127 e. The van der Waals surface area contributed by atoms with E-state index in [1.54, 1.807) is 18.2 Å². The number of hydrogen-bond acceptors (Lipinski definition) is 0. The lowest BCUT2D eigenvalue weighted by atomic mass is 9.93. The molecule has 0 spiro atoms. The van der Waals surface area contributed by atoms with Gasteiger partial charge in [-0.3, -0.25) is 0 Å². The molecular formula is C8H10ClO. The standard InChI is InChI=1S/C8H10ClO/c1-2-8(10)5-3-4-7(9)6-8/h3-5H,2,6H2,1H3. The summed E-state index contributed by atoms with van der Waals surface area (Å²) in [5.41, 5.74) is -0.939. The van der Waals surface area contributed by atoms with Gasteiger partial charge in [0.25, 0.3) is 0 Å². The van der Waals surface area contributed by atoms with E-state index in [0.29, 0.717) is 17.9 Å². The summed E-state index contributed by atoms with van der Waals surface area (Å²) in [5.74, 6) is 0. The summed E-state index contributed by atoms with van der Waals surface area (Å²) in [7, 11) is 0. The van der Waals surface area contributed by atoms with Gasteiger partial charge in [0, 0.05) is 11.5 Å². The normalized spacial score (nSPS) is 32.1. The summed E-state index contributed by atoms with van der Waals surface area (Å²) >= 11 is 5.69. The number of halogens is 1. The first-order chi connectivity index (χ1) is 4.66. The molecule has 10 heavy (non-hydrogen) atoms. The largest absolute Gasteiger partial charge is 0.225 e. The highest BCUT2D eigenvalue weighted by Crippen LogP contribution is 2.28. The average Bonchev–Trinajstić information content (AvgIpc) is 1.88.